The van der Waals surface area contributed by atoms with Crippen LogP contribution in [0.2, 0.25) is 0 Å². The Morgan fingerprint density at radius 2 is 1.53 bits per heavy atom. The summed E-state index contributed by atoms with van der Waals surface area (Å²) in [4.78, 5) is 10.5. The van der Waals surface area contributed by atoms with Gasteiger partial charge in [0.1, 0.15) is 0 Å². The number of carboxylic acids is 1. The third-order valence-electron chi connectivity index (χ3n) is 6.10. The molecule has 5 atom stereocenters. The Balaban J connectivity index is 1.83. The third kappa shape index (κ3) is 7.25. The molecule has 1 fully saturated rings. The lowest BCUT2D eigenvalue weighted by Gasteiger charge is -2.25. The number of hydrogen-bond donors (Lipinski definition) is 4. The van der Waals surface area contributed by atoms with E-state index < -0.39 is 36.0 Å². The first-order chi connectivity index (χ1) is 14.1. The molecule has 0 aliphatic heterocycles. The largest absolute Gasteiger partial charge is 0.481 e. The molecule has 0 radical (unpaired) electrons. The molecule has 1 aromatic rings. The summed E-state index contributed by atoms with van der Waals surface area (Å²) >= 11 is 0. The molecule has 0 spiro atoms. The average Bonchev–Trinajstić information content (AvgIpc) is 2.94. The number of rotatable bonds is 11. The van der Waals surface area contributed by atoms with E-state index in [4.69, 9.17) is 5.11 Å². The quantitative estimate of drug-likeness (QED) is 0.391. The highest BCUT2D eigenvalue weighted by Gasteiger charge is 2.41. The van der Waals surface area contributed by atoms with Gasteiger partial charge >= 0.3 is 12.1 Å². The summed E-state index contributed by atoms with van der Waals surface area (Å²) in [5.41, 5.74) is -0.373. The van der Waals surface area contributed by atoms with Gasteiger partial charge in [-0.25, -0.2) is 0 Å². The first kappa shape index (κ1) is 24.6. The predicted molar refractivity (Wildman–Crippen MR) is 105 cm³/mol. The lowest BCUT2D eigenvalue weighted by atomic mass is 9.84. The molecule has 5 nitrogen and oxygen atoms in total. The highest BCUT2D eigenvalue weighted by molar-refractivity contribution is 5.66. The second-order valence-corrected chi connectivity index (χ2v) is 8.26. The van der Waals surface area contributed by atoms with Gasteiger partial charge in [-0.3, -0.25) is 4.79 Å². The van der Waals surface area contributed by atoms with Gasteiger partial charge in [-0.15, -0.1) is 0 Å². The molecule has 1 aliphatic rings. The number of aliphatic hydroxyl groups excluding tert-OH is 3. The van der Waals surface area contributed by atoms with Crippen LogP contribution < -0.4 is 0 Å². The Kier molecular flexibility index (Phi) is 9.12. The van der Waals surface area contributed by atoms with Gasteiger partial charge in [-0.2, -0.15) is 13.2 Å². The molecule has 0 saturated heterocycles. The van der Waals surface area contributed by atoms with Crippen LogP contribution in [0.4, 0.5) is 13.2 Å². The summed E-state index contributed by atoms with van der Waals surface area (Å²) in [7, 11) is 0. The Bertz CT molecular complexity index is 662. The molecule has 1 saturated carbocycles. The minimum absolute atomic E-state index is 0.0979. The van der Waals surface area contributed by atoms with Gasteiger partial charge in [-0.1, -0.05) is 31.4 Å². The maximum Gasteiger partial charge on any atom is 0.416 e. The van der Waals surface area contributed by atoms with Crippen LogP contribution in [0.3, 0.4) is 0 Å². The molecular formula is C22H31F3O5. The second-order valence-electron chi connectivity index (χ2n) is 8.26. The van der Waals surface area contributed by atoms with Crippen molar-refractivity contribution in [3.05, 3.63) is 35.4 Å². The zero-order valence-electron chi connectivity index (χ0n) is 16.9. The van der Waals surface area contributed by atoms with Crippen LogP contribution in [0.5, 0.6) is 0 Å². The van der Waals surface area contributed by atoms with Crippen molar-refractivity contribution in [3.63, 3.8) is 0 Å². The molecule has 1 unspecified atom stereocenters. The SMILES string of the molecule is O=C(O)CCCCCC[C@@H]1[C@@H](CCC(O)c2ccc(C(F)(F)F)cc2)[C@H](O)C[C@@H]1O. The minimum atomic E-state index is -4.42. The topological polar surface area (TPSA) is 98.0 Å². The molecule has 0 aromatic heterocycles. The monoisotopic (exact) mass is 432 g/mol. The molecule has 30 heavy (non-hydrogen) atoms. The van der Waals surface area contributed by atoms with Gasteiger partial charge in [0.2, 0.25) is 0 Å². The van der Waals surface area contributed by atoms with Crippen molar-refractivity contribution in [1.29, 1.82) is 0 Å². The lowest BCUT2D eigenvalue weighted by molar-refractivity contribution is -0.138. The van der Waals surface area contributed by atoms with Gasteiger partial charge in [-0.05, 0) is 61.6 Å². The molecule has 8 heteroatoms. The Morgan fingerprint density at radius 3 is 2.10 bits per heavy atom. The highest BCUT2D eigenvalue weighted by Crippen LogP contribution is 2.40. The molecular weight excluding hydrogens is 401 g/mol. The van der Waals surface area contributed by atoms with E-state index in [0.29, 0.717) is 24.8 Å². The van der Waals surface area contributed by atoms with Crippen LogP contribution in [0, 0.1) is 11.8 Å². The number of hydrogen-bond acceptors (Lipinski definition) is 4. The van der Waals surface area contributed by atoms with Gasteiger partial charge in [0.15, 0.2) is 0 Å². The second kappa shape index (κ2) is 11.1. The Morgan fingerprint density at radius 1 is 0.967 bits per heavy atom. The first-order valence-electron chi connectivity index (χ1n) is 10.5. The number of unbranched alkanes of at least 4 members (excludes halogenated alkanes) is 3. The maximum absolute atomic E-state index is 12.7. The molecule has 170 valence electrons. The highest BCUT2D eigenvalue weighted by atomic mass is 19.4. The van der Waals surface area contributed by atoms with E-state index >= 15 is 0 Å². The van der Waals surface area contributed by atoms with E-state index in [1.54, 1.807) is 0 Å². The van der Waals surface area contributed by atoms with Gasteiger partial charge < -0.3 is 20.4 Å². The summed E-state index contributed by atoms with van der Waals surface area (Å²) in [5, 5.41) is 39.6. The number of aliphatic hydroxyl groups is 3. The van der Waals surface area contributed by atoms with Crippen LogP contribution in [0.1, 0.15) is 75.0 Å². The number of halogens is 3. The van der Waals surface area contributed by atoms with Crippen molar-refractivity contribution in [1.82, 2.24) is 0 Å². The molecule has 0 amide bonds. The van der Waals surface area contributed by atoms with Crippen molar-refractivity contribution < 1.29 is 38.4 Å². The van der Waals surface area contributed by atoms with Crippen LogP contribution in [0.15, 0.2) is 24.3 Å². The van der Waals surface area contributed by atoms with E-state index in [1.165, 1.54) is 12.1 Å². The zero-order chi connectivity index (χ0) is 22.3. The van der Waals surface area contributed by atoms with Crippen molar-refractivity contribution >= 4 is 5.97 Å². The summed E-state index contributed by atoms with van der Waals surface area (Å²) in [6, 6.07) is 4.42. The van der Waals surface area contributed by atoms with Crippen molar-refractivity contribution in [2.75, 3.05) is 0 Å². The predicted octanol–water partition coefficient (Wildman–Crippen LogP) is 4.30. The molecule has 2 rings (SSSR count). The number of benzene rings is 1. The van der Waals surface area contributed by atoms with E-state index in [-0.39, 0.29) is 31.1 Å². The molecule has 1 aromatic carbocycles. The number of carboxylic acid groups (broad SMARTS) is 1. The summed E-state index contributed by atoms with van der Waals surface area (Å²) in [5.74, 6) is -1.08. The van der Waals surface area contributed by atoms with Gasteiger partial charge in [0.05, 0.1) is 23.9 Å². The Labute approximate surface area is 174 Å². The van der Waals surface area contributed by atoms with Crippen molar-refractivity contribution in [2.45, 2.75) is 82.3 Å². The van der Waals surface area contributed by atoms with E-state index in [1.807, 2.05) is 0 Å². The molecule has 1 aliphatic carbocycles. The van der Waals surface area contributed by atoms with Crippen LogP contribution >= 0.6 is 0 Å². The fourth-order valence-corrected chi connectivity index (χ4v) is 4.40. The van der Waals surface area contributed by atoms with Crippen LogP contribution in [-0.4, -0.2) is 38.6 Å². The van der Waals surface area contributed by atoms with E-state index in [0.717, 1.165) is 31.4 Å². The van der Waals surface area contributed by atoms with Crippen LogP contribution in [-0.2, 0) is 11.0 Å². The zero-order valence-corrected chi connectivity index (χ0v) is 16.9. The molecule has 0 heterocycles. The minimum Gasteiger partial charge on any atom is -0.481 e. The van der Waals surface area contributed by atoms with Crippen molar-refractivity contribution in [2.24, 2.45) is 11.8 Å². The summed E-state index contributed by atoms with van der Waals surface area (Å²) < 4.78 is 38.0. The summed E-state index contributed by atoms with van der Waals surface area (Å²) in [6.07, 6.45) is -1.65. The number of aliphatic carboxylic acids is 1. The van der Waals surface area contributed by atoms with Gasteiger partial charge in [0, 0.05) is 6.42 Å². The molecule has 0 bridgehead atoms. The lowest BCUT2D eigenvalue weighted by Crippen LogP contribution is -2.23. The third-order valence-corrected chi connectivity index (χ3v) is 6.10. The fraction of sp³-hybridized carbons (Fsp3) is 0.682. The first-order valence-corrected chi connectivity index (χ1v) is 10.5. The van der Waals surface area contributed by atoms with E-state index in [2.05, 4.69) is 0 Å². The van der Waals surface area contributed by atoms with Crippen molar-refractivity contribution in [3.8, 4) is 0 Å². The van der Waals surface area contributed by atoms with Gasteiger partial charge in [0.25, 0.3) is 0 Å². The van der Waals surface area contributed by atoms with Crippen LogP contribution in [0.25, 0.3) is 0 Å². The standard InChI is InChI=1S/C22H31F3O5/c23-22(24,25)15-9-7-14(8-10-15)18(26)12-11-17-16(19(27)13-20(17)28)5-3-1-2-4-6-21(29)30/h7-10,16-20,26-28H,1-6,11-13H2,(H,29,30)/t16-,17-,18?,19+,20-/m1/s1. The fourth-order valence-electron chi connectivity index (χ4n) is 4.40. The number of alkyl halides is 3. The Hall–Kier alpha value is -1.64. The average molecular weight is 432 g/mol. The number of carbonyl (C=O) groups is 1. The van der Waals surface area contributed by atoms with E-state index in [9.17, 15) is 33.3 Å². The smallest absolute Gasteiger partial charge is 0.416 e. The maximum atomic E-state index is 12.7. The summed E-state index contributed by atoms with van der Waals surface area (Å²) in [6.45, 7) is 0. The normalized spacial score (nSPS) is 25.4. The molecule has 4 N–H and O–H groups in total.